The van der Waals surface area contributed by atoms with Gasteiger partial charge in [-0.05, 0) is 93.1 Å². The van der Waals surface area contributed by atoms with Crippen molar-refractivity contribution in [2.45, 2.75) is 0 Å². The van der Waals surface area contributed by atoms with Gasteiger partial charge in [0.15, 0.2) is 0 Å². The van der Waals surface area contributed by atoms with Gasteiger partial charge in [-0.15, -0.1) is 0 Å². The molecule has 0 radical (unpaired) electrons. The van der Waals surface area contributed by atoms with E-state index in [4.69, 9.17) is 0 Å². The Labute approximate surface area is 260 Å². The Morgan fingerprint density at radius 2 is 0.841 bits per heavy atom. The minimum atomic E-state index is 0.580. The number of nitrogens with zero attached hydrogens (tertiary/aromatic N) is 4. The molecule has 5 rings (SSSR count). The monoisotopic (exact) mass is 570 g/mol. The van der Waals surface area contributed by atoms with Crippen LogP contribution >= 0.6 is 0 Å². The standard InChI is InChI=1S/C40H34N4/c1-43(2)37-19-15-31(16-20-37)39-25-34(24-36(28-42)30-13-9-6-10-14-30)40(32-17-21-38(22-18-32)44(3)4)26-33(39)23-35(27-41)29-11-7-5-8-12-29/h5-26H,1-4H3/b35-23-,36-24+. The van der Waals surface area contributed by atoms with E-state index in [2.05, 4.69) is 82.6 Å². The molecule has 214 valence electrons. The lowest BCUT2D eigenvalue weighted by Gasteiger charge is -2.18. The quantitative estimate of drug-likeness (QED) is 0.138. The van der Waals surface area contributed by atoms with Crippen molar-refractivity contribution in [1.29, 1.82) is 10.5 Å². The van der Waals surface area contributed by atoms with E-state index in [0.717, 1.165) is 55.9 Å². The fraction of sp³-hybridized carbons (Fsp3) is 0.100. The van der Waals surface area contributed by atoms with Gasteiger partial charge in [-0.25, -0.2) is 0 Å². The smallest absolute Gasteiger partial charge is 0.0998 e. The second-order valence-electron chi connectivity index (χ2n) is 11.0. The van der Waals surface area contributed by atoms with Crippen LogP contribution in [0.1, 0.15) is 22.3 Å². The molecule has 0 bridgehead atoms. The lowest BCUT2D eigenvalue weighted by molar-refractivity contribution is 1.13. The minimum Gasteiger partial charge on any atom is -0.378 e. The summed E-state index contributed by atoms with van der Waals surface area (Å²) in [5.41, 5.74) is 10.9. The normalized spacial score (nSPS) is 11.4. The SMILES string of the molecule is CN(C)c1ccc(-c2cc(/C=C(/C#N)c3ccccc3)c(-c3ccc(N(C)C)cc3)cc2/C=C(\C#N)c2ccccc2)cc1. The number of anilines is 2. The Morgan fingerprint density at radius 3 is 1.14 bits per heavy atom. The van der Waals surface area contributed by atoms with E-state index in [0.29, 0.717) is 11.1 Å². The molecule has 0 atom stereocenters. The van der Waals surface area contributed by atoms with Crippen LogP contribution in [0.4, 0.5) is 11.4 Å². The van der Waals surface area contributed by atoms with E-state index in [1.165, 1.54) is 0 Å². The molecule has 0 N–H and O–H groups in total. The number of rotatable bonds is 8. The van der Waals surface area contributed by atoms with Crippen LogP contribution in [-0.2, 0) is 0 Å². The number of nitriles is 2. The maximum atomic E-state index is 10.2. The molecular formula is C40H34N4. The number of allylic oxidation sites excluding steroid dienone is 2. The third kappa shape index (κ3) is 6.62. The van der Waals surface area contributed by atoms with Crippen molar-refractivity contribution in [1.82, 2.24) is 0 Å². The van der Waals surface area contributed by atoms with Gasteiger partial charge in [-0.1, -0.05) is 84.9 Å². The Bertz CT molecular complexity index is 1740. The van der Waals surface area contributed by atoms with Gasteiger partial charge >= 0.3 is 0 Å². The molecule has 0 saturated heterocycles. The van der Waals surface area contributed by atoms with Gasteiger partial charge in [0.25, 0.3) is 0 Å². The fourth-order valence-electron chi connectivity index (χ4n) is 5.16. The first-order valence-electron chi connectivity index (χ1n) is 14.5. The van der Waals surface area contributed by atoms with Crippen LogP contribution in [0.2, 0.25) is 0 Å². The van der Waals surface area contributed by atoms with E-state index in [-0.39, 0.29) is 0 Å². The van der Waals surface area contributed by atoms with Crippen LogP contribution in [0.3, 0.4) is 0 Å². The Morgan fingerprint density at radius 1 is 0.500 bits per heavy atom. The topological polar surface area (TPSA) is 54.1 Å². The number of hydrogen-bond acceptors (Lipinski definition) is 4. The van der Waals surface area contributed by atoms with Gasteiger partial charge in [0, 0.05) is 39.6 Å². The lowest BCUT2D eigenvalue weighted by Crippen LogP contribution is -2.08. The van der Waals surface area contributed by atoms with Crippen LogP contribution in [-0.4, -0.2) is 28.2 Å². The van der Waals surface area contributed by atoms with Gasteiger partial charge in [-0.3, -0.25) is 0 Å². The van der Waals surface area contributed by atoms with Crippen LogP contribution in [0.15, 0.2) is 121 Å². The van der Waals surface area contributed by atoms with Crippen molar-refractivity contribution in [2.75, 3.05) is 38.0 Å². The molecule has 4 heteroatoms. The zero-order valence-electron chi connectivity index (χ0n) is 25.5. The zero-order chi connectivity index (χ0) is 31.1. The van der Waals surface area contributed by atoms with E-state index < -0.39 is 0 Å². The Balaban J connectivity index is 1.81. The summed E-state index contributed by atoms with van der Waals surface area (Å²) in [5, 5.41) is 20.5. The van der Waals surface area contributed by atoms with Crippen molar-refractivity contribution in [3.63, 3.8) is 0 Å². The van der Waals surface area contributed by atoms with Crippen LogP contribution < -0.4 is 9.80 Å². The van der Waals surface area contributed by atoms with Gasteiger partial charge < -0.3 is 9.80 Å². The molecule has 0 fully saturated rings. The Hall–Kier alpha value is -5.84. The van der Waals surface area contributed by atoms with Gasteiger partial charge in [0.05, 0.1) is 23.3 Å². The first-order valence-corrected chi connectivity index (χ1v) is 14.5. The van der Waals surface area contributed by atoms with Crippen molar-refractivity contribution in [3.05, 3.63) is 144 Å². The average Bonchev–Trinajstić information content (AvgIpc) is 3.07. The third-order valence-electron chi connectivity index (χ3n) is 7.62. The summed E-state index contributed by atoms with van der Waals surface area (Å²) in [6.07, 6.45) is 3.94. The van der Waals surface area contributed by atoms with Gasteiger partial charge in [0.2, 0.25) is 0 Å². The highest BCUT2D eigenvalue weighted by molar-refractivity contribution is 5.98. The van der Waals surface area contributed by atoms with Crippen molar-refractivity contribution in [3.8, 4) is 34.4 Å². The van der Waals surface area contributed by atoms with Crippen LogP contribution in [0, 0.1) is 22.7 Å². The predicted octanol–water partition coefficient (Wildman–Crippen LogP) is 9.28. The summed E-state index contributed by atoms with van der Waals surface area (Å²) in [6, 6.07) is 45.5. The second kappa shape index (κ2) is 13.4. The largest absolute Gasteiger partial charge is 0.378 e. The average molecular weight is 571 g/mol. The Kier molecular flexibility index (Phi) is 9.05. The molecule has 0 aliphatic heterocycles. The highest BCUT2D eigenvalue weighted by atomic mass is 15.1. The van der Waals surface area contributed by atoms with Crippen LogP contribution in [0.5, 0.6) is 0 Å². The lowest BCUT2D eigenvalue weighted by atomic mass is 9.88. The van der Waals surface area contributed by atoms with E-state index in [1.54, 1.807) is 0 Å². The predicted molar refractivity (Wildman–Crippen MR) is 186 cm³/mol. The van der Waals surface area contributed by atoms with Crippen molar-refractivity contribution >= 4 is 34.7 Å². The van der Waals surface area contributed by atoms with E-state index in [9.17, 15) is 10.5 Å². The maximum Gasteiger partial charge on any atom is 0.0998 e. The number of benzene rings is 5. The summed E-state index contributed by atoms with van der Waals surface area (Å²) in [7, 11) is 8.09. The molecule has 5 aromatic rings. The summed E-state index contributed by atoms with van der Waals surface area (Å²) in [5.74, 6) is 0. The van der Waals surface area contributed by atoms with Crippen LogP contribution in [0.25, 0.3) is 45.6 Å². The summed E-state index contributed by atoms with van der Waals surface area (Å²) < 4.78 is 0. The molecular weight excluding hydrogens is 536 g/mol. The molecule has 5 aromatic carbocycles. The molecule has 4 nitrogen and oxygen atoms in total. The fourth-order valence-corrected chi connectivity index (χ4v) is 5.16. The summed E-state index contributed by atoms with van der Waals surface area (Å²) in [4.78, 5) is 4.14. The molecule has 0 aliphatic carbocycles. The van der Waals surface area contributed by atoms with Gasteiger partial charge in [0.1, 0.15) is 0 Å². The molecule has 0 aliphatic rings. The molecule has 0 saturated carbocycles. The molecule has 0 spiro atoms. The second-order valence-corrected chi connectivity index (χ2v) is 11.0. The first kappa shape index (κ1) is 29.6. The van der Waals surface area contributed by atoms with Crippen molar-refractivity contribution < 1.29 is 0 Å². The molecule has 0 heterocycles. The molecule has 0 aromatic heterocycles. The zero-order valence-corrected chi connectivity index (χ0v) is 25.5. The summed E-state index contributed by atoms with van der Waals surface area (Å²) >= 11 is 0. The maximum absolute atomic E-state index is 10.2. The summed E-state index contributed by atoms with van der Waals surface area (Å²) in [6.45, 7) is 0. The number of hydrogen-bond donors (Lipinski definition) is 0. The minimum absolute atomic E-state index is 0.580. The molecule has 0 unspecified atom stereocenters. The van der Waals surface area contributed by atoms with Gasteiger partial charge in [-0.2, -0.15) is 10.5 Å². The molecule has 44 heavy (non-hydrogen) atoms. The molecule has 0 amide bonds. The van der Waals surface area contributed by atoms with Crippen molar-refractivity contribution in [2.24, 2.45) is 0 Å². The highest BCUT2D eigenvalue weighted by Gasteiger charge is 2.15. The highest BCUT2D eigenvalue weighted by Crippen LogP contribution is 2.37. The third-order valence-corrected chi connectivity index (χ3v) is 7.62. The van der Waals surface area contributed by atoms with E-state index in [1.807, 2.05) is 101 Å². The van der Waals surface area contributed by atoms with E-state index >= 15 is 0 Å². The first-order chi connectivity index (χ1) is 21.4.